The van der Waals surface area contributed by atoms with E-state index in [2.05, 4.69) is 0 Å². The normalized spacial score (nSPS) is 12.6. The quantitative estimate of drug-likeness (QED) is 0.730. The summed E-state index contributed by atoms with van der Waals surface area (Å²) < 4.78 is 49.5. The van der Waals surface area contributed by atoms with Crippen molar-refractivity contribution >= 4 is 22.4 Å². The lowest BCUT2D eigenvalue weighted by Crippen LogP contribution is -2.42. The van der Waals surface area contributed by atoms with Crippen LogP contribution in [0.5, 0.6) is 0 Å². The number of sulfonamides is 1. The van der Waals surface area contributed by atoms with Gasteiger partial charge in [-0.05, 0) is 12.3 Å². The minimum atomic E-state index is -3.61. The molecule has 0 atom stereocenters. The largest absolute Gasteiger partial charge is 0.325 e. The Morgan fingerprint density at radius 2 is 1.88 bits per heavy atom. The lowest BCUT2D eigenvalue weighted by Gasteiger charge is -2.15. The van der Waals surface area contributed by atoms with Crippen LogP contribution in [-0.4, -0.2) is 33.2 Å². The Morgan fingerprint density at radius 1 is 1.38 bits per heavy atom. The third kappa shape index (κ3) is 9.26. The SMILES string of the molecule is CC(C)CCS(=O)(=O)NCC(F)(F)CN.Cl. The van der Waals surface area contributed by atoms with E-state index in [4.69, 9.17) is 5.73 Å². The standard InChI is InChI=1S/C8H18F2N2O2S.ClH/c1-7(2)3-4-15(13,14)12-6-8(9,10)5-11;/h7,12H,3-6,11H2,1-2H3;1H. The molecule has 8 heteroatoms. The molecule has 0 saturated carbocycles. The van der Waals surface area contributed by atoms with E-state index in [0.717, 1.165) is 0 Å². The van der Waals surface area contributed by atoms with Gasteiger partial charge in [0.15, 0.2) is 0 Å². The van der Waals surface area contributed by atoms with E-state index < -0.39 is 29.0 Å². The first-order valence-electron chi connectivity index (χ1n) is 4.74. The Hall–Kier alpha value is 0.0200. The molecule has 0 spiro atoms. The fourth-order valence-corrected chi connectivity index (χ4v) is 2.11. The highest BCUT2D eigenvalue weighted by atomic mass is 35.5. The van der Waals surface area contributed by atoms with Crippen LogP contribution in [0.1, 0.15) is 20.3 Å². The van der Waals surface area contributed by atoms with Crippen molar-refractivity contribution < 1.29 is 17.2 Å². The van der Waals surface area contributed by atoms with Crippen LogP contribution in [-0.2, 0) is 10.0 Å². The lowest BCUT2D eigenvalue weighted by molar-refractivity contribution is 0.0170. The third-order valence-corrected chi connectivity index (χ3v) is 3.17. The van der Waals surface area contributed by atoms with Gasteiger partial charge in [0.25, 0.3) is 5.92 Å². The van der Waals surface area contributed by atoms with Gasteiger partial charge in [0, 0.05) is 0 Å². The molecule has 0 aliphatic rings. The molecule has 0 aromatic carbocycles. The minimum Gasteiger partial charge on any atom is -0.325 e. The fourth-order valence-electron chi connectivity index (χ4n) is 0.751. The van der Waals surface area contributed by atoms with Crippen LogP contribution in [0, 0.1) is 5.92 Å². The molecule has 0 saturated heterocycles. The average Bonchev–Trinajstić information content (AvgIpc) is 2.13. The topological polar surface area (TPSA) is 72.2 Å². The number of hydrogen-bond acceptors (Lipinski definition) is 3. The van der Waals surface area contributed by atoms with E-state index >= 15 is 0 Å². The zero-order valence-corrected chi connectivity index (χ0v) is 11.0. The lowest BCUT2D eigenvalue weighted by atomic mass is 10.2. The van der Waals surface area contributed by atoms with Gasteiger partial charge in [-0.1, -0.05) is 13.8 Å². The van der Waals surface area contributed by atoms with Gasteiger partial charge in [0.05, 0.1) is 18.8 Å². The highest BCUT2D eigenvalue weighted by Gasteiger charge is 2.28. The first-order chi connectivity index (χ1) is 6.68. The Morgan fingerprint density at radius 3 is 2.25 bits per heavy atom. The summed E-state index contributed by atoms with van der Waals surface area (Å²) in [6, 6.07) is 0. The molecule has 0 aliphatic heterocycles. The molecular weight excluding hydrogens is 262 g/mol. The van der Waals surface area contributed by atoms with Gasteiger partial charge in [-0.3, -0.25) is 0 Å². The Labute approximate surface area is 101 Å². The number of hydrogen-bond donors (Lipinski definition) is 2. The van der Waals surface area contributed by atoms with Crippen LogP contribution in [0.3, 0.4) is 0 Å². The van der Waals surface area contributed by atoms with E-state index in [-0.39, 0.29) is 24.1 Å². The highest BCUT2D eigenvalue weighted by molar-refractivity contribution is 7.89. The molecular formula is C8H19ClF2N2O2S. The number of nitrogens with two attached hydrogens (primary N) is 1. The molecule has 0 aromatic rings. The van der Waals surface area contributed by atoms with Crippen LogP contribution in [0.2, 0.25) is 0 Å². The number of nitrogens with one attached hydrogen (secondary N) is 1. The summed E-state index contributed by atoms with van der Waals surface area (Å²) in [5, 5.41) is 0. The van der Waals surface area contributed by atoms with Crippen LogP contribution in [0.4, 0.5) is 8.78 Å². The molecule has 0 aromatic heterocycles. The molecule has 0 radical (unpaired) electrons. The summed E-state index contributed by atoms with van der Waals surface area (Å²) in [6.07, 6.45) is 0.448. The molecule has 0 bridgehead atoms. The summed E-state index contributed by atoms with van der Waals surface area (Å²) in [6.45, 7) is 1.94. The van der Waals surface area contributed by atoms with Crippen molar-refractivity contribution in [2.24, 2.45) is 11.7 Å². The predicted molar refractivity (Wildman–Crippen MR) is 62.5 cm³/mol. The summed E-state index contributed by atoms with van der Waals surface area (Å²) >= 11 is 0. The van der Waals surface area contributed by atoms with E-state index in [1.54, 1.807) is 0 Å². The average molecular weight is 281 g/mol. The fraction of sp³-hybridized carbons (Fsp3) is 1.00. The molecule has 0 amide bonds. The van der Waals surface area contributed by atoms with Gasteiger partial charge >= 0.3 is 0 Å². The van der Waals surface area contributed by atoms with Crippen LogP contribution < -0.4 is 10.5 Å². The van der Waals surface area contributed by atoms with Gasteiger partial charge in [0.1, 0.15) is 0 Å². The first kappa shape index (κ1) is 18.4. The zero-order chi connectivity index (χ0) is 12.1. The number of halogens is 3. The van der Waals surface area contributed by atoms with Crippen molar-refractivity contribution in [2.45, 2.75) is 26.2 Å². The maximum atomic E-state index is 12.6. The van der Waals surface area contributed by atoms with Crippen molar-refractivity contribution in [3.05, 3.63) is 0 Å². The van der Waals surface area contributed by atoms with E-state index in [0.29, 0.717) is 6.42 Å². The van der Waals surface area contributed by atoms with Crippen molar-refractivity contribution in [3.63, 3.8) is 0 Å². The van der Waals surface area contributed by atoms with Crippen LogP contribution in [0.25, 0.3) is 0 Å². The van der Waals surface area contributed by atoms with Crippen molar-refractivity contribution in [3.8, 4) is 0 Å². The first-order valence-corrected chi connectivity index (χ1v) is 6.39. The van der Waals surface area contributed by atoms with Crippen LogP contribution >= 0.6 is 12.4 Å². The molecule has 100 valence electrons. The molecule has 16 heavy (non-hydrogen) atoms. The van der Waals surface area contributed by atoms with Crippen molar-refractivity contribution in [2.75, 3.05) is 18.8 Å². The maximum Gasteiger partial charge on any atom is 0.273 e. The maximum absolute atomic E-state index is 12.6. The van der Waals surface area contributed by atoms with E-state index in [1.807, 2.05) is 18.6 Å². The molecule has 0 heterocycles. The Bertz CT molecular complexity index is 284. The summed E-state index contributed by atoms with van der Waals surface area (Å²) in [5.74, 6) is -3.09. The molecule has 3 N–H and O–H groups in total. The second-order valence-electron chi connectivity index (χ2n) is 3.88. The second-order valence-corrected chi connectivity index (χ2v) is 5.81. The smallest absolute Gasteiger partial charge is 0.273 e. The Balaban J connectivity index is 0. The molecule has 0 aliphatic carbocycles. The van der Waals surface area contributed by atoms with Gasteiger partial charge in [0.2, 0.25) is 10.0 Å². The van der Waals surface area contributed by atoms with Gasteiger partial charge in [-0.15, -0.1) is 12.4 Å². The minimum absolute atomic E-state index is 0. The molecule has 0 fully saturated rings. The molecule has 0 rings (SSSR count). The molecule has 4 nitrogen and oxygen atoms in total. The van der Waals surface area contributed by atoms with Gasteiger partial charge in [-0.25, -0.2) is 21.9 Å². The van der Waals surface area contributed by atoms with Crippen LogP contribution in [0.15, 0.2) is 0 Å². The van der Waals surface area contributed by atoms with Crippen molar-refractivity contribution in [1.82, 2.24) is 4.72 Å². The summed E-state index contributed by atoms with van der Waals surface area (Å²) in [4.78, 5) is 0. The van der Waals surface area contributed by atoms with E-state index in [9.17, 15) is 17.2 Å². The second kappa shape index (κ2) is 7.37. The third-order valence-electron chi connectivity index (χ3n) is 1.81. The van der Waals surface area contributed by atoms with Gasteiger partial charge in [-0.2, -0.15) is 0 Å². The van der Waals surface area contributed by atoms with Gasteiger partial charge < -0.3 is 5.73 Å². The molecule has 0 unspecified atom stereocenters. The number of alkyl halides is 2. The number of rotatable bonds is 7. The zero-order valence-electron chi connectivity index (χ0n) is 9.37. The summed E-state index contributed by atoms with van der Waals surface area (Å²) in [5.41, 5.74) is 4.77. The summed E-state index contributed by atoms with van der Waals surface area (Å²) in [7, 11) is -3.61. The Kier molecular flexibility index (Phi) is 8.46. The predicted octanol–water partition coefficient (Wildman–Crippen LogP) is 0.968. The highest BCUT2D eigenvalue weighted by Crippen LogP contribution is 2.10. The van der Waals surface area contributed by atoms with E-state index in [1.165, 1.54) is 0 Å². The monoisotopic (exact) mass is 280 g/mol. The van der Waals surface area contributed by atoms with Crippen molar-refractivity contribution in [1.29, 1.82) is 0 Å².